The van der Waals surface area contributed by atoms with Crippen LogP contribution in [0.2, 0.25) is 0 Å². The Bertz CT molecular complexity index is 1100. The number of aryl methyl sites for hydroxylation is 1. The summed E-state index contributed by atoms with van der Waals surface area (Å²) >= 11 is 1.48. The Morgan fingerprint density at radius 2 is 2.03 bits per heavy atom. The molecule has 0 saturated heterocycles. The lowest BCUT2D eigenvalue weighted by atomic mass is 10.1. The number of nitrogens with one attached hydrogen (secondary N) is 1. The molecule has 30 heavy (non-hydrogen) atoms. The smallest absolute Gasteiger partial charge is 0.226 e. The zero-order valence-electron chi connectivity index (χ0n) is 16.6. The van der Waals surface area contributed by atoms with E-state index in [2.05, 4.69) is 10.3 Å². The highest BCUT2D eigenvalue weighted by molar-refractivity contribution is 7.13. The molecular weight excluding hydrogens is 400 g/mol. The highest BCUT2D eigenvalue weighted by Crippen LogP contribution is 2.25. The summed E-state index contributed by atoms with van der Waals surface area (Å²) < 4.78 is 16.5. The first-order chi connectivity index (χ1) is 14.7. The van der Waals surface area contributed by atoms with Crippen LogP contribution in [0.1, 0.15) is 28.3 Å². The van der Waals surface area contributed by atoms with E-state index in [1.807, 2.05) is 60.8 Å². The van der Waals surface area contributed by atoms with Gasteiger partial charge < -0.3 is 18.9 Å². The van der Waals surface area contributed by atoms with E-state index in [9.17, 15) is 4.79 Å². The lowest BCUT2D eigenvalue weighted by Gasteiger charge is -2.07. The number of carbonyl (C=O) groups is 1. The first-order valence-electron chi connectivity index (χ1n) is 9.61. The highest BCUT2D eigenvalue weighted by atomic mass is 32.1. The van der Waals surface area contributed by atoms with Crippen molar-refractivity contribution in [1.82, 2.24) is 10.3 Å². The lowest BCUT2D eigenvalue weighted by molar-refractivity contribution is -0.120. The second-order valence-corrected chi connectivity index (χ2v) is 7.76. The van der Waals surface area contributed by atoms with E-state index in [-0.39, 0.29) is 12.3 Å². The number of ether oxygens (including phenoxy) is 1. The second-order valence-electron chi connectivity index (χ2n) is 6.90. The Hall–Kier alpha value is -3.16. The molecule has 1 N–H and O–H groups in total. The number of hydrogen-bond donors (Lipinski definition) is 1. The van der Waals surface area contributed by atoms with Gasteiger partial charge in [0.15, 0.2) is 10.8 Å². The zero-order chi connectivity index (χ0) is 20.8. The fourth-order valence-corrected chi connectivity index (χ4v) is 3.75. The van der Waals surface area contributed by atoms with Gasteiger partial charge >= 0.3 is 0 Å². The first kappa shape index (κ1) is 20.1. The SMILES string of the molecule is Cc1ccc(-c2nc(CC(=O)NCc3cccc(COCc4ccco4)c3)cs2)o1. The quantitative estimate of drug-likeness (QED) is 0.416. The van der Waals surface area contributed by atoms with Crippen LogP contribution in [-0.4, -0.2) is 10.9 Å². The van der Waals surface area contributed by atoms with Gasteiger partial charge in [0.25, 0.3) is 0 Å². The molecule has 3 aromatic heterocycles. The molecule has 0 saturated carbocycles. The van der Waals surface area contributed by atoms with E-state index in [1.54, 1.807) is 6.26 Å². The fourth-order valence-electron chi connectivity index (χ4n) is 2.97. The molecule has 0 spiro atoms. The van der Waals surface area contributed by atoms with Crippen LogP contribution >= 0.6 is 11.3 Å². The molecule has 0 aliphatic carbocycles. The van der Waals surface area contributed by atoms with Crippen molar-refractivity contribution in [3.63, 3.8) is 0 Å². The van der Waals surface area contributed by atoms with Gasteiger partial charge in [-0.15, -0.1) is 11.3 Å². The summed E-state index contributed by atoms with van der Waals surface area (Å²) in [5, 5.41) is 5.63. The van der Waals surface area contributed by atoms with Crippen molar-refractivity contribution in [1.29, 1.82) is 0 Å². The Labute approximate surface area is 178 Å². The Morgan fingerprint density at radius 3 is 2.83 bits per heavy atom. The minimum Gasteiger partial charge on any atom is -0.467 e. The summed E-state index contributed by atoms with van der Waals surface area (Å²) in [6, 6.07) is 15.5. The average molecular weight is 423 g/mol. The van der Waals surface area contributed by atoms with Crippen LogP contribution in [0.5, 0.6) is 0 Å². The van der Waals surface area contributed by atoms with Crippen molar-refractivity contribution < 1.29 is 18.4 Å². The molecular formula is C23H22N2O4S. The number of amides is 1. The molecule has 1 aromatic carbocycles. The molecule has 0 aliphatic heterocycles. The Kier molecular flexibility index (Phi) is 6.41. The van der Waals surface area contributed by atoms with Gasteiger partial charge in [0, 0.05) is 11.9 Å². The molecule has 0 bridgehead atoms. The molecule has 4 aromatic rings. The molecule has 154 valence electrons. The molecule has 6 nitrogen and oxygen atoms in total. The van der Waals surface area contributed by atoms with Crippen LogP contribution in [0, 0.1) is 6.92 Å². The number of hydrogen-bond acceptors (Lipinski definition) is 6. The van der Waals surface area contributed by atoms with Gasteiger partial charge in [-0.3, -0.25) is 4.79 Å². The summed E-state index contributed by atoms with van der Waals surface area (Å²) in [6.45, 7) is 3.27. The summed E-state index contributed by atoms with van der Waals surface area (Å²) in [5.41, 5.74) is 2.81. The molecule has 1 amide bonds. The minimum atomic E-state index is -0.0676. The maximum absolute atomic E-state index is 12.3. The molecule has 0 fully saturated rings. The third-order valence-electron chi connectivity index (χ3n) is 4.42. The van der Waals surface area contributed by atoms with Gasteiger partial charge in [-0.05, 0) is 42.3 Å². The Morgan fingerprint density at radius 1 is 1.13 bits per heavy atom. The molecule has 3 heterocycles. The third kappa shape index (κ3) is 5.46. The van der Waals surface area contributed by atoms with E-state index in [4.69, 9.17) is 13.6 Å². The molecule has 0 aliphatic rings. The molecule has 4 rings (SSSR count). The standard InChI is InChI=1S/C23H22N2O4S/c1-16-7-8-21(29-16)23-25-19(15-30-23)11-22(26)24-12-17-4-2-5-18(10-17)13-27-14-20-6-3-9-28-20/h2-10,15H,11-14H2,1H3,(H,24,26). The van der Waals surface area contributed by atoms with Crippen molar-refractivity contribution in [3.8, 4) is 10.8 Å². The summed E-state index contributed by atoms with van der Waals surface area (Å²) in [5.74, 6) is 2.30. The van der Waals surface area contributed by atoms with E-state index in [1.165, 1.54) is 11.3 Å². The van der Waals surface area contributed by atoms with E-state index >= 15 is 0 Å². The number of nitrogens with zero attached hydrogens (tertiary/aromatic N) is 1. The first-order valence-corrected chi connectivity index (χ1v) is 10.5. The number of aromatic nitrogens is 1. The molecule has 0 atom stereocenters. The summed E-state index contributed by atoms with van der Waals surface area (Å²) in [7, 11) is 0. The number of rotatable bonds is 9. The largest absolute Gasteiger partial charge is 0.467 e. The van der Waals surface area contributed by atoms with Gasteiger partial charge in [-0.2, -0.15) is 0 Å². The van der Waals surface area contributed by atoms with Crippen LogP contribution in [0.25, 0.3) is 10.8 Å². The summed E-state index contributed by atoms with van der Waals surface area (Å²) in [4.78, 5) is 16.8. The number of thiazole rings is 1. The second kappa shape index (κ2) is 9.56. The monoisotopic (exact) mass is 422 g/mol. The predicted octanol–water partition coefficient (Wildman–Crippen LogP) is 4.88. The Balaban J connectivity index is 1.25. The zero-order valence-corrected chi connectivity index (χ0v) is 17.4. The van der Waals surface area contributed by atoms with Gasteiger partial charge in [0.05, 0.1) is 25.0 Å². The van der Waals surface area contributed by atoms with Crippen molar-refractivity contribution in [2.24, 2.45) is 0 Å². The number of benzene rings is 1. The highest BCUT2D eigenvalue weighted by Gasteiger charge is 2.11. The van der Waals surface area contributed by atoms with Crippen LogP contribution in [0.3, 0.4) is 0 Å². The minimum absolute atomic E-state index is 0.0676. The predicted molar refractivity (Wildman–Crippen MR) is 114 cm³/mol. The molecule has 0 radical (unpaired) electrons. The maximum Gasteiger partial charge on any atom is 0.226 e. The topological polar surface area (TPSA) is 77.5 Å². The van der Waals surface area contributed by atoms with Gasteiger partial charge in [0.2, 0.25) is 5.91 Å². The van der Waals surface area contributed by atoms with Crippen LogP contribution in [0.15, 0.2) is 69.0 Å². The van der Waals surface area contributed by atoms with E-state index < -0.39 is 0 Å². The maximum atomic E-state index is 12.3. The van der Waals surface area contributed by atoms with Gasteiger partial charge in [-0.25, -0.2) is 4.98 Å². The summed E-state index contributed by atoms with van der Waals surface area (Å²) in [6.07, 6.45) is 1.87. The van der Waals surface area contributed by atoms with Crippen LogP contribution in [0.4, 0.5) is 0 Å². The molecule has 0 unspecified atom stereocenters. The van der Waals surface area contributed by atoms with Crippen molar-refractivity contribution in [3.05, 3.63) is 88.5 Å². The van der Waals surface area contributed by atoms with Crippen molar-refractivity contribution >= 4 is 17.2 Å². The molecule has 7 heteroatoms. The number of furan rings is 2. The average Bonchev–Trinajstić information content (AvgIpc) is 3.49. The van der Waals surface area contributed by atoms with Gasteiger partial charge in [-0.1, -0.05) is 24.3 Å². The van der Waals surface area contributed by atoms with Crippen LogP contribution in [-0.2, 0) is 35.7 Å². The number of carbonyl (C=O) groups excluding carboxylic acids is 1. The normalized spacial score (nSPS) is 11.0. The van der Waals surface area contributed by atoms with Crippen LogP contribution < -0.4 is 5.32 Å². The fraction of sp³-hybridized carbons (Fsp3) is 0.217. The van der Waals surface area contributed by atoms with Crippen molar-refractivity contribution in [2.45, 2.75) is 33.1 Å². The van der Waals surface area contributed by atoms with E-state index in [0.717, 1.165) is 39.1 Å². The lowest BCUT2D eigenvalue weighted by Crippen LogP contribution is -2.24. The van der Waals surface area contributed by atoms with E-state index in [0.29, 0.717) is 19.8 Å². The van der Waals surface area contributed by atoms with Crippen molar-refractivity contribution in [2.75, 3.05) is 0 Å². The van der Waals surface area contributed by atoms with Gasteiger partial charge in [0.1, 0.15) is 18.1 Å². The third-order valence-corrected chi connectivity index (χ3v) is 5.32.